The molecule has 406 valence electrons. The Kier molecular flexibility index (Phi) is 26.1. The largest absolute Gasteiger partial charge is 0.367 e. The Bertz CT molecular complexity index is 2670. The molecule has 2 N–H and O–H groups in total. The van der Waals surface area contributed by atoms with Gasteiger partial charge in [0.15, 0.2) is 0 Å². The second kappa shape index (κ2) is 32.0. The summed E-state index contributed by atoms with van der Waals surface area (Å²) >= 11 is 8.25. The Morgan fingerprint density at radius 2 is 1.00 bits per heavy atom. The fourth-order valence-corrected chi connectivity index (χ4v) is 29.4. The summed E-state index contributed by atoms with van der Waals surface area (Å²) in [6, 6.07) is 20.8. The first kappa shape index (κ1) is 61.0. The van der Waals surface area contributed by atoms with E-state index in [-0.39, 0.29) is 0 Å². The van der Waals surface area contributed by atoms with E-state index in [0.29, 0.717) is 18.1 Å². The summed E-state index contributed by atoms with van der Waals surface area (Å²) in [6.45, 7) is 11.4. The van der Waals surface area contributed by atoms with E-state index >= 15 is 0 Å². The van der Waals surface area contributed by atoms with Crippen LogP contribution in [0, 0.1) is 0 Å². The van der Waals surface area contributed by atoms with E-state index < -0.39 is 18.4 Å². The predicted molar refractivity (Wildman–Crippen MR) is 332 cm³/mol. The molecule has 2 fully saturated rings. The van der Waals surface area contributed by atoms with Gasteiger partial charge in [0.05, 0.1) is 16.5 Å². The third kappa shape index (κ3) is 17.7. The number of fused-ring (bicyclic) bond motifs is 2. The minimum Gasteiger partial charge on any atom is -0.367 e. The van der Waals surface area contributed by atoms with Gasteiger partial charge in [-0.1, -0.05) is 26.0 Å². The summed E-state index contributed by atoms with van der Waals surface area (Å²) in [5.41, 5.74) is 2.21. The molecule has 2 saturated carbocycles. The van der Waals surface area contributed by atoms with Gasteiger partial charge in [-0.3, -0.25) is 4.98 Å². The van der Waals surface area contributed by atoms with E-state index in [1.165, 1.54) is 123 Å². The van der Waals surface area contributed by atoms with Gasteiger partial charge in [0.25, 0.3) is 0 Å². The van der Waals surface area contributed by atoms with Crippen LogP contribution in [0.25, 0.3) is 31.7 Å². The summed E-state index contributed by atoms with van der Waals surface area (Å²) in [7, 11) is 8.73. The number of rotatable bonds is 19. The van der Waals surface area contributed by atoms with Gasteiger partial charge in [-0.25, -0.2) is 24.9 Å². The van der Waals surface area contributed by atoms with Crippen LogP contribution < -0.4 is 14.3 Å². The molecule has 0 radical (unpaired) electrons. The van der Waals surface area contributed by atoms with Crippen LogP contribution in [0.15, 0.2) is 94.9 Å². The second-order valence-corrected chi connectivity index (χ2v) is 37.5. The summed E-state index contributed by atoms with van der Waals surface area (Å²) in [6.07, 6.45) is 29.0. The van der Waals surface area contributed by atoms with Crippen molar-refractivity contribution in [1.82, 2.24) is 44.7 Å². The molecule has 16 heteroatoms. The number of halogens is 2. The number of pyridine rings is 3. The van der Waals surface area contributed by atoms with Crippen molar-refractivity contribution < 1.29 is 0 Å². The first-order chi connectivity index (χ1) is 36.4. The molecular weight excluding hydrogens is 1210 g/mol. The molecule has 0 bridgehead atoms. The Hall–Kier alpha value is -3.19. The maximum Gasteiger partial charge on any atom is 0.139 e. The van der Waals surface area contributed by atoms with E-state index in [2.05, 4.69) is 169 Å². The third-order valence-corrected chi connectivity index (χ3v) is 34.3. The molecule has 0 amide bonds. The van der Waals surface area contributed by atoms with Crippen molar-refractivity contribution in [3.05, 3.63) is 105 Å². The van der Waals surface area contributed by atoms with Gasteiger partial charge in [-0.2, -0.15) is 0 Å². The van der Waals surface area contributed by atoms with Crippen molar-refractivity contribution in [2.75, 3.05) is 38.8 Å². The standard InChI is InChI=1S/C21H27N5S.C16H23BrN4S.C5H4BrN.C5H4N.3C4H9.Sn/c1-4-17-18(16-7-5-6-12-22-16)19-20(23-13-24-21(19)27-17)25-14-8-10-15(11-9-14)26(2)3;1-4-12-14(17)13-15(18-9-19-16(13)22-12)20-10-5-7-11(8-6-10)21(2)3;6-5-3-1-2-4-7-5;1-2-4-6-5-3-1;3*1-3-4-2;/h5-7,12-15H,4,8-11H2,1-3H3,(H,23,24,25);9-11H,4-8H2,1-3H3,(H,18,19,20);1-4H;1-4H;3*1,3-4H2,2H3;. The van der Waals surface area contributed by atoms with E-state index in [9.17, 15) is 0 Å². The van der Waals surface area contributed by atoms with Crippen molar-refractivity contribution in [3.63, 3.8) is 0 Å². The van der Waals surface area contributed by atoms with Gasteiger partial charge in [0.1, 0.15) is 38.6 Å². The van der Waals surface area contributed by atoms with Gasteiger partial charge in [0.2, 0.25) is 0 Å². The average Bonchev–Trinajstić information content (AvgIpc) is 4.01. The smallest absolute Gasteiger partial charge is 0.139 e. The fraction of sp³-hybridized carbons (Fsp3) is 0.542. The zero-order valence-electron chi connectivity index (χ0n) is 46.4. The number of nitrogens with zero attached hydrogens (tertiary/aromatic N) is 9. The first-order valence-corrected chi connectivity index (χ1v) is 38.6. The van der Waals surface area contributed by atoms with Gasteiger partial charge < -0.3 is 20.4 Å². The monoisotopic (exact) mass is 1290 g/mol. The number of aromatic nitrogens is 7. The number of nitrogens with one attached hydrogen (secondary N) is 2. The first-order valence-electron chi connectivity index (χ1n) is 27.9. The van der Waals surface area contributed by atoms with Crippen LogP contribution in [0.4, 0.5) is 11.6 Å². The quantitative estimate of drug-likeness (QED) is 0.0595. The zero-order chi connectivity index (χ0) is 53.6. The Balaban J connectivity index is 0.000000174. The minimum absolute atomic E-state index is 0.473. The molecule has 2 aliphatic rings. The van der Waals surface area contributed by atoms with Crippen molar-refractivity contribution in [2.24, 2.45) is 0 Å². The van der Waals surface area contributed by atoms with Gasteiger partial charge in [-0.05, 0) is 149 Å². The number of unbranched alkanes of at least 4 members (excludes halogenated alkanes) is 3. The van der Waals surface area contributed by atoms with Gasteiger partial charge in [-0.15, -0.1) is 22.7 Å². The van der Waals surface area contributed by atoms with Crippen molar-refractivity contribution in [2.45, 2.75) is 175 Å². The van der Waals surface area contributed by atoms with Crippen LogP contribution in [-0.2, 0) is 12.8 Å². The van der Waals surface area contributed by atoms with Gasteiger partial charge in [0, 0.05) is 56.4 Å². The molecule has 7 aromatic heterocycles. The molecule has 0 saturated heterocycles. The zero-order valence-corrected chi connectivity index (χ0v) is 54.1. The normalized spacial score (nSPS) is 17.7. The molecule has 0 aliphatic heterocycles. The average molecular weight is 1290 g/mol. The van der Waals surface area contributed by atoms with E-state index in [0.717, 1.165) is 61.2 Å². The van der Waals surface area contributed by atoms with Crippen molar-refractivity contribution in [3.8, 4) is 11.3 Å². The summed E-state index contributed by atoms with van der Waals surface area (Å²) in [4.78, 5) is 40.9. The second-order valence-electron chi connectivity index (χ2n) is 20.7. The molecule has 75 heavy (non-hydrogen) atoms. The third-order valence-electron chi connectivity index (χ3n) is 15.0. The summed E-state index contributed by atoms with van der Waals surface area (Å²) < 4.78 is 8.15. The molecule has 0 aromatic carbocycles. The SMILES string of the molecule is Brc1ccccn1.CCC[CH2][Sn]([CH2]CCC)([CH2]CCC)[c]1ccccn1.CCc1sc2ncnc(NC3CCC(N(C)C)CC3)c2c1-c1ccccn1.CCc1sc2ncnc(NC3CCC(N(C)C)CC3)c2c1Br. The Labute approximate surface area is 478 Å². The molecule has 0 atom stereocenters. The van der Waals surface area contributed by atoms with Crippen LogP contribution in [0.3, 0.4) is 0 Å². The minimum atomic E-state index is -2.21. The summed E-state index contributed by atoms with van der Waals surface area (Å²) in [5, 5.41) is 9.69. The molecule has 9 rings (SSSR count). The van der Waals surface area contributed by atoms with Crippen LogP contribution >= 0.6 is 54.5 Å². The summed E-state index contributed by atoms with van der Waals surface area (Å²) in [5.74, 6) is 1.95. The maximum absolute atomic E-state index is 4.80. The molecule has 2 aliphatic carbocycles. The number of hydrogen-bond donors (Lipinski definition) is 2. The molecule has 11 nitrogen and oxygen atoms in total. The molecule has 0 spiro atoms. The van der Waals surface area contributed by atoms with Crippen LogP contribution in [0.2, 0.25) is 13.3 Å². The predicted octanol–water partition coefficient (Wildman–Crippen LogP) is 15.9. The fourth-order valence-electron chi connectivity index (χ4n) is 10.6. The maximum atomic E-state index is 4.80. The number of hydrogen-bond acceptors (Lipinski definition) is 13. The van der Waals surface area contributed by atoms with E-state index in [1.54, 1.807) is 45.2 Å². The van der Waals surface area contributed by atoms with Gasteiger partial charge >= 0.3 is 124 Å². The van der Waals surface area contributed by atoms with Crippen molar-refractivity contribution >= 4 is 109 Å². The van der Waals surface area contributed by atoms with Crippen LogP contribution in [0.1, 0.15) is 134 Å². The molecule has 0 unspecified atom stereocenters. The number of thiophene rings is 2. The number of anilines is 2. The van der Waals surface area contributed by atoms with Crippen molar-refractivity contribution in [1.29, 1.82) is 0 Å². The van der Waals surface area contributed by atoms with E-state index in [4.69, 9.17) is 4.98 Å². The van der Waals surface area contributed by atoms with Crippen LogP contribution in [-0.4, -0.2) is 115 Å². The topological polar surface area (TPSA) is 121 Å². The Morgan fingerprint density at radius 1 is 0.533 bits per heavy atom. The van der Waals surface area contributed by atoms with E-state index in [1.807, 2.05) is 42.7 Å². The molecule has 7 heterocycles. The Morgan fingerprint density at radius 3 is 1.41 bits per heavy atom. The number of aryl methyl sites for hydroxylation is 2. The molecule has 7 aromatic rings. The van der Waals surface area contributed by atoms with Crippen LogP contribution in [0.5, 0.6) is 0 Å². The molecular formula is C59H85Br2N11S2Sn.